The Morgan fingerprint density at radius 2 is 1.48 bits per heavy atom. The first-order valence-corrected chi connectivity index (χ1v) is 7.79. The Morgan fingerprint density at radius 3 is 2.00 bits per heavy atom. The smallest absolute Gasteiger partial charge is 0.744 e. The van der Waals surface area contributed by atoms with E-state index in [1.54, 1.807) is 0 Å². The Labute approximate surface area is 181 Å². The van der Waals surface area contributed by atoms with Crippen LogP contribution in [-0.2, 0) is 16.5 Å². The zero-order valence-electron chi connectivity index (χ0n) is 12.6. The average molecular weight is 410 g/mol. The van der Waals surface area contributed by atoms with Gasteiger partial charge in [-0.1, -0.05) is 30.3 Å². The molecule has 0 bridgehead atoms. The molecule has 25 heavy (non-hydrogen) atoms. The van der Waals surface area contributed by atoms with E-state index < -0.39 is 45.3 Å². The molecule has 11 heteroatoms. The van der Waals surface area contributed by atoms with Crippen LogP contribution in [0.2, 0.25) is 0 Å². The second kappa shape index (κ2) is 7.83. The van der Waals surface area contributed by atoms with Crippen LogP contribution in [0.5, 0.6) is 0 Å². The summed E-state index contributed by atoms with van der Waals surface area (Å²) < 4.78 is 111. The van der Waals surface area contributed by atoms with Crippen molar-refractivity contribution in [2.75, 3.05) is 0 Å². The van der Waals surface area contributed by atoms with Crippen LogP contribution in [0.15, 0.2) is 41.3 Å². The third kappa shape index (κ3) is 4.57. The van der Waals surface area contributed by atoms with Crippen molar-refractivity contribution < 1.29 is 90.7 Å². The molecule has 0 saturated heterocycles. The van der Waals surface area contributed by atoms with Gasteiger partial charge >= 0.3 is 69.7 Å². The van der Waals surface area contributed by atoms with Crippen molar-refractivity contribution in [2.24, 2.45) is 0 Å². The van der Waals surface area contributed by atoms with E-state index in [9.17, 15) is 39.3 Å². The van der Waals surface area contributed by atoms with Crippen LogP contribution < -0.4 is 51.4 Å². The summed E-state index contributed by atoms with van der Waals surface area (Å²) in [6, 6.07) is 6.31. The fraction of sp³-hybridized carbons (Fsp3) is 0.286. The molecule has 0 aliphatic rings. The van der Waals surface area contributed by atoms with E-state index in [4.69, 9.17) is 0 Å². The van der Waals surface area contributed by atoms with E-state index in [1.807, 2.05) is 0 Å². The molecule has 2 aromatic rings. The van der Waals surface area contributed by atoms with Crippen molar-refractivity contribution in [3.05, 3.63) is 42.0 Å². The summed E-state index contributed by atoms with van der Waals surface area (Å²) in [5.74, 6) is -10.6. The molecule has 0 aliphatic carbocycles. The van der Waals surface area contributed by atoms with Gasteiger partial charge in [0, 0.05) is 6.42 Å². The van der Waals surface area contributed by atoms with E-state index in [2.05, 4.69) is 0 Å². The summed E-state index contributed by atoms with van der Waals surface area (Å²) in [5.41, 5.74) is -0.483. The van der Waals surface area contributed by atoms with Crippen molar-refractivity contribution in [3.63, 3.8) is 0 Å². The van der Waals surface area contributed by atoms with Crippen molar-refractivity contribution in [2.45, 2.75) is 29.6 Å². The Kier molecular flexibility index (Phi) is 7.16. The van der Waals surface area contributed by atoms with E-state index >= 15 is 0 Å². The van der Waals surface area contributed by atoms with E-state index in [1.165, 1.54) is 0 Å². The molecule has 0 aromatic heterocycles. The maximum absolute atomic E-state index is 13.6. The van der Waals surface area contributed by atoms with Crippen LogP contribution in [-0.4, -0.2) is 31.2 Å². The fourth-order valence-electron chi connectivity index (χ4n) is 2.24. The average Bonchev–Trinajstić information content (AvgIpc) is 2.45. The van der Waals surface area contributed by atoms with Gasteiger partial charge in [0.15, 0.2) is 0 Å². The van der Waals surface area contributed by atoms with Gasteiger partial charge in [0.25, 0.3) is 0 Å². The third-order valence-corrected chi connectivity index (χ3v) is 4.31. The van der Waals surface area contributed by atoms with Crippen LogP contribution in [0, 0.1) is 0 Å². The van der Waals surface area contributed by atoms with Gasteiger partial charge in [-0.3, -0.25) is 0 Å². The topological polar surface area (TPSA) is 57.2 Å². The first kappa shape index (κ1) is 22.9. The van der Waals surface area contributed by atoms with Gasteiger partial charge in [-0.2, -0.15) is 17.6 Å². The number of benzene rings is 2. The Balaban J connectivity index is 0.00000312. The second-order valence-corrected chi connectivity index (χ2v) is 6.38. The predicted octanol–water partition coefficient (Wildman–Crippen LogP) is 0.826. The van der Waals surface area contributed by atoms with E-state index in [-0.39, 0.29) is 62.2 Å². The zero-order valence-corrected chi connectivity index (χ0v) is 16.6. The maximum Gasteiger partial charge on any atom is 1.00 e. The summed E-state index contributed by atoms with van der Waals surface area (Å²) in [6.45, 7) is 0. The molecule has 0 aliphatic heterocycles. The zero-order chi connectivity index (χ0) is 18.3. The summed E-state index contributed by atoms with van der Waals surface area (Å²) >= 11 is 0. The SMILES string of the molecule is O=S(=O)([O-])c1cccc2c(CC(F)(F)C(F)(F)C(F)F)cccc12.[K+]. The van der Waals surface area contributed by atoms with Crippen LogP contribution in [0.3, 0.4) is 0 Å². The molecule has 0 saturated carbocycles. The molecule has 0 spiro atoms. The minimum absolute atomic E-state index is 0. The number of rotatable bonds is 5. The standard InChI is InChI=1S/C14H10F6O3S.K/c15-12(16)14(19,20)13(17,18)7-8-3-1-5-10-9(8)4-2-6-11(10)24(21,22)23;/h1-6,12H,7H2,(H,21,22,23);/q;+1/p-1. The third-order valence-electron chi connectivity index (χ3n) is 3.42. The summed E-state index contributed by atoms with van der Waals surface area (Å²) in [4.78, 5) is -0.717. The molecule has 2 aromatic carbocycles. The fourth-order valence-corrected chi connectivity index (χ4v) is 2.93. The van der Waals surface area contributed by atoms with Gasteiger partial charge in [0.1, 0.15) is 10.1 Å². The van der Waals surface area contributed by atoms with Crippen molar-refractivity contribution in [1.29, 1.82) is 0 Å². The minimum atomic E-state index is -5.56. The van der Waals surface area contributed by atoms with Gasteiger partial charge in [-0.15, -0.1) is 0 Å². The molecular weight excluding hydrogens is 401 g/mol. The van der Waals surface area contributed by atoms with Gasteiger partial charge in [-0.05, 0) is 22.4 Å². The van der Waals surface area contributed by atoms with Crippen molar-refractivity contribution >= 4 is 20.9 Å². The van der Waals surface area contributed by atoms with Crippen molar-refractivity contribution in [1.82, 2.24) is 0 Å². The molecule has 0 fully saturated rings. The van der Waals surface area contributed by atoms with Crippen LogP contribution in [0.4, 0.5) is 26.3 Å². The number of hydrogen-bond donors (Lipinski definition) is 0. The molecule has 132 valence electrons. The normalized spacial score (nSPS) is 13.1. The first-order chi connectivity index (χ1) is 10.9. The number of halogens is 6. The van der Waals surface area contributed by atoms with Gasteiger partial charge in [0.05, 0.1) is 4.90 Å². The molecule has 0 N–H and O–H groups in total. The van der Waals surface area contributed by atoms with Crippen LogP contribution >= 0.6 is 0 Å². The quantitative estimate of drug-likeness (QED) is 0.417. The van der Waals surface area contributed by atoms with Crippen LogP contribution in [0.25, 0.3) is 10.8 Å². The monoisotopic (exact) mass is 410 g/mol. The summed E-state index contributed by atoms with van der Waals surface area (Å²) in [7, 11) is -4.94. The van der Waals surface area contributed by atoms with Crippen molar-refractivity contribution in [3.8, 4) is 0 Å². The van der Waals surface area contributed by atoms with Crippen LogP contribution in [0.1, 0.15) is 5.56 Å². The molecule has 0 unspecified atom stereocenters. The van der Waals surface area contributed by atoms with Gasteiger partial charge < -0.3 is 4.55 Å². The Hall–Kier alpha value is -0.174. The molecular formula is C14H9F6KO3S. The Morgan fingerprint density at radius 1 is 0.960 bits per heavy atom. The molecule has 0 atom stereocenters. The van der Waals surface area contributed by atoms with E-state index in [0.29, 0.717) is 0 Å². The molecule has 2 rings (SSSR count). The largest absolute Gasteiger partial charge is 1.00 e. The Bertz CT molecular complexity index is 870. The van der Waals surface area contributed by atoms with E-state index in [0.717, 1.165) is 36.4 Å². The predicted molar refractivity (Wildman–Crippen MR) is 71.5 cm³/mol. The summed E-state index contributed by atoms with van der Waals surface area (Å²) in [6.07, 6.45) is -6.32. The van der Waals surface area contributed by atoms with Gasteiger partial charge in [0.2, 0.25) is 0 Å². The molecule has 0 amide bonds. The minimum Gasteiger partial charge on any atom is -0.744 e. The molecule has 0 radical (unpaired) electrons. The maximum atomic E-state index is 13.6. The molecule has 3 nitrogen and oxygen atoms in total. The number of fused-ring (bicyclic) bond motifs is 1. The summed E-state index contributed by atoms with van der Waals surface area (Å²) in [5, 5.41) is -0.458. The second-order valence-electron chi connectivity index (χ2n) is 5.03. The number of alkyl halides is 6. The number of hydrogen-bond acceptors (Lipinski definition) is 3. The van der Waals surface area contributed by atoms with Gasteiger partial charge in [-0.25, -0.2) is 17.2 Å². The first-order valence-electron chi connectivity index (χ1n) is 6.38. The molecule has 0 heterocycles.